The van der Waals surface area contributed by atoms with Gasteiger partial charge < -0.3 is 25.4 Å². The summed E-state index contributed by atoms with van der Waals surface area (Å²) in [6.07, 6.45) is 6.37. The van der Waals surface area contributed by atoms with E-state index in [4.69, 9.17) is 9.47 Å². The minimum Gasteiger partial charge on any atom is -0.491 e. The molecule has 0 aliphatic heterocycles. The molecule has 1 aliphatic carbocycles. The largest absolute Gasteiger partial charge is 0.491 e. The van der Waals surface area contributed by atoms with Gasteiger partial charge in [0, 0.05) is 45.3 Å². The first-order chi connectivity index (χ1) is 14.1. The zero-order valence-electron chi connectivity index (χ0n) is 18.1. The van der Waals surface area contributed by atoms with Crippen LogP contribution in [0, 0.1) is 6.92 Å². The molecule has 1 fully saturated rings. The fraction of sp³-hybridized carbons (Fsp3) is 0.636. The summed E-state index contributed by atoms with van der Waals surface area (Å²) in [6, 6.07) is 6.49. The Balaban J connectivity index is 1.75. The average molecular weight is 405 g/mol. The minimum absolute atomic E-state index is 0.104. The summed E-state index contributed by atoms with van der Waals surface area (Å²) in [7, 11) is 3.38. The molecule has 0 bridgehead atoms. The molecular weight excluding hydrogens is 368 g/mol. The summed E-state index contributed by atoms with van der Waals surface area (Å²) in [6.45, 7) is 4.22. The number of carbonyl (C=O) groups excluding carboxylic acids is 1. The van der Waals surface area contributed by atoms with Crippen molar-refractivity contribution in [3.8, 4) is 5.75 Å². The molecule has 0 radical (unpaired) electrons. The SMILES string of the molecule is CN=C(NCCC(=O)NC1CCCCC1)NCc1ccc(C)cc1OCCOC. The fourth-order valence-corrected chi connectivity index (χ4v) is 3.42. The molecule has 0 atom stereocenters. The lowest BCUT2D eigenvalue weighted by Gasteiger charge is -2.22. The van der Waals surface area contributed by atoms with E-state index in [0.29, 0.717) is 44.7 Å². The van der Waals surface area contributed by atoms with E-state index in [9.17, 15) is 4.79 Å². The maximum absolute atomic E-state index is 12.1. The van der Waals surface area contributed by atoms with Gasteiger partial charge in [-0.2, -0.15) is 0 Å². The smallest absolute Gasteiger partial charge is 0.221 e. The van der Waals surface area contributed by atoms with Gasteiger partial charge in [0.2, 0.25) is 5.91 Å². The minimum atomic E-state index is 0.104. The highest BCUT2D eigenvalue weighted by Crippen LogP contribution is 2.20. The molecule has 7 nitrogen and oxygen atoms in total. The van der Waals surface area contributed by atoms with Gasteiger partial charge in [0.1, 0.15) is 12.4 Å². The van der Waals surface area contributed by atoms with E-state index < -0.39 is 0 Å². The number of nitrogens with zero attached hydrogens (tertiary/aromatic N) is 1. The van der Waals surface area contributed by atoms with E-state index in [1.165, 1.54) is 19.3 Å². The van der Waals surface area contributed by atoms with Gasteiger partial charge in [0.25, 0.3) is 0 Å². The summed E-state index contributed by atoms with van der Waals surface area (Å²) >= 11 is 0. The maximum atomic E-state index is 12.1. The predicted molar refractivity (Wildman–Crippen MR) is 116 cm³/mol. The number of ether oxygens (including phenoxy) is 2. The summed E-state index contributed by atoms with van der Waals surface area (Å²) in [5.41, 5.74) is 2.19. The van der Waals surface area contributed by atoms with E-state index in [2.05, 4.69) is 33.1 Å². The van der Waals surface area contributed by atoms with Crippen molar-refractivity contribution in [2.75, 3.05) is 33.9 Å². The highest BCUT2D eigenvalue weighted by atomic mass is 16.5. The Hall–Kier alpha value is -2.28. The molecular formula is C22H36N4O3. The number of aliphatic imine (C=N–C) groups is 1. The molecule has 1 aromatic carbocycles. The van der Waals surface area contributed by atoms with E-state index in [1.807, 2.05) is 13.0 Å². The van der Waals surface area contributed by atoms with Gasteiger partial charge >= 0.3 is 0 Å². The van der Waals surface area contributed by atoms with E-state index >= 15 is 0 Å². The van der Waals surface area contributed by atoms with Crippen molar-refractivity contribution in [1.82, 2.24) is 16.0 Å². The third-order valence-electron chi connectivity index (χ3n) is 5.05. The topological polar surface area (TPSA) is 84.0 Å². The fourth-order valence-electron chi connectivity index (χ4n) is 3.42. The number of benzene rings is 1. The molecule has 3 N–H and O–H groups in total. The Labute approximate surface area is 174 Å². The van der Waals surface area contributed by atoms with Crippen molar-refractivity contribution in [2.45, 2.75) is 58.0 Å². The lowest BCUT2D eigenvalue weighted by Crippen LogP contribution is -2.41. The van der Waals surface area contributed by atoms with E-state index in [1.54, 1.807) is 14.2 Å². The lowest BCUT2D eigenvalue weighted by atomic mass is 9.95. The van der Waals surface area contributed by atoms with Crippen LogP contribution in [0.15, 0.2) is 23.2 Å². The number of nitrogens with one attached hydrogen (secondary N) is 3. The quantitative estimate of drug-likeness (QED) is 0.317. The highest BCUT2D eigenvalue weighted by Gasteiger charge is 2.15. The standard InChI is InChI=1S/C22H36N4O3/c1-17-9-10-18(20(15-17)29-14-13-28-3)16-25-22(23-2)24-12-11-21(27)26-19-7-5-4-6-8-19/h9-10,15,19H,4-8,11-14,16H2,1-3H3,(H,26,27)(H2,23,24,25). The van der Waals surface area contributed by atoms with E-state index in [0.717, 1.165) is 29.7 Å². The van der Waals surface area contributed by atoms with Crippen LogP contribution in [-0.2, 0) is 16.1 Å². The Morgan fingerprint density at radius 3 is 2.69 bits per heavy atom. The average Bonchev–Trinajstić information content (AvgIpc) is 2.72. The third kappa shape index (κ3) is 8.73. The maximum Gasteiger partial charge on any atom is 0.221 e. The monoisotopic (exact) mass is 404 g/mol. The van der Waals surface area contributed by atoms with Gasteiger partial charge in [-0.05, 0) is 31.4 Å². The van der Waals surface area contributed by atoms with Crippen LogP contribution in [0.25, 0.3) is 0 Å². The van der Waals surface area contributed by atoms with Gasteiger partial charge in [-0.3, -0.25) is 9.79 Å². The van der Waals surface area contributed by atoms with Gasteiger partial charge in [-0.15, -0.1) is 0 Å². The number of amides is 1. The first kappa shape index (κ1) is 23.0. The van der Waals surface area contributed by atoms with Crippen molar-refractivity contribution in [3.63, 3.8) is 0 Å². The second-order valence-corrected chi connectivity index (χ2v) is 7.46. The number of guanidine groups is 1. The van der Waals surface area contributed by atoms with Crippen LogP contribution in [0.2, 0.25) is 0 Å². The molecule has 0 unspecified atom stereocenters. The molecule has 0 heterocycles. The van der Waals surface area contributed by atoms with Crippen molar-refractivity contribution < 1.29 is 14.3 Å². The van der Waals surface area contributed by atoms with Crippen molar-refractivity contribution >= 4 is 11.9 Å². The second-order valence-electron chi connectivity index (χ2n) is 7.46. The molecule has 1 saturated carbocycles. The highest BCUT2D eigenvalue weighted by molar-refractivity contribution is 5.81. The van der Waals surface area contributed by atoms with Crippen molar-refractivity contribution in [2.24, 2.45) is 4.99 Å². The molecule has 0 aromatic heterocycles. The first-order valence-corrected chi connectivity index (χ1v) is 10.6. The van der Waals surface area contributed by atoms with E-state index in [-0.39, 0.29) is 5.91 Å². The summed E-state index contributed by atoms with van der Waals surface area (Å²) in [5, 5.41) is 9.63. The van der Waals surface area contributed by atoms with Gasteiger partial charge in [0.05, 0.1) is 6.61 Å². The number of methoxy groups -OCH3 is 1. The first-order valence-electron chi connectivity index (χ1n) is 10.6. The molecule has 29 heavy (non-hydrogen) atoms. The molecule has 162 valence electrons. The second kappa shape index (κ2) is 13.0. The third-order valence-corrected chi connectivity index (χ3v) is 5.05. The molecule has 0 spiro atoms. The molecule has 7 heteroatoms. The van der Waals surface area contributed by atoms with Gasteiger partial charge in [0.15, 0.2) is 5.96 Å². The van der Waals surface area contributed by atoms with Crippen LogP contribution < -0.4 is 20.7 Å². The van der Waals surface area contributed by atoms with Crippen LogP contribution in [0.1, 0.15) is 49.7 Å². The molecule has 1 aliphatic rings. The van der Waals surface area contributed by atoms with Crippen LogP contribution in [0.4, 0.5) is 0 Å². The Bertz CT molecular complexity index is 657. The Morgan fingerprint density at radius 1 is 1.17 bits per heavy atom. The zero-order chi connectivity index (χ0) is 20.9. The molecule has 1 aromatic rings. The number of hydrogen-bond acceptors (Lipinski definition) is 4. The van der Waals surface area contributed by atoms with Gasteiger partial charge in [-0.25, -0.2) is 0 Å². The number of rotatable bonds is 10. The number of carbonyl (C=O) groups is 1. The van der Waals surface area contributed by atoms with Crippen LogP contribution >= 0.6 is 0 Å². The molecule has 2 rings (SSSR count). The predicted octanol–water partition coefficient (Wildman–Crippen LogP) is 2.52. The summed E-state index contributed by atoms with van der Waals surface area (Å²) in [4.78, 5) is 16.4. The van der Waals surface area contributed by atoms with Crippen LogP contribution in [0.3, 0.4) is 0 Å². The summed E-state index contributed by atoms with van der Waals surface area (Å²) in [5.74, 6) is 1.61. The normalized spacial score (nSPS) is 15.1. The van der Waals surface area contributed by atoms with Gasteiger partial charge in [-0.1, -0.05) is 31.4 Å². The van der Waals surface area contributed by atoms with Crippen molar-refractivity contribution in [3.05, 3.63) is 29.3 Å². The molecule has 1 amide bonds. The lowest BCUT2D eigenvalue weighted by molar-refractivity contribution is -0.121. The van der Waals surface area contributed by atoms with Crippen LogP contribution in [0.5, 0.6) is 5.75 Å². The summed E-state index contributed by atoms with van der Waals surface area (Å²) < 4.78 is 10.9. The Kier molecular flexibility index (Phi) is 10.3. The number of hydrogen-bond donors (Lipinski definition) is 3. The van der Waals surface area contributed by atoms with Crippen LogP contribution in [-0.4, -0.2) is 51.8 Å². The van der Waals surface area contributed by atoms with Crippen molar-refractivity contribution in [1.29, 1.82) is 0 Å². The Morgan fingerprint density at radius 2 is 1.97 bits per heavy atom. The molecule has 0 saturated heterocycles. The zero-order valence-corrected chi connectivity index (χ0v) is 18.1. The number of aryl methyl sites for hydroxylation is 1.